The SMILES string of the molecule is CCOC(=O)c1cccc(N)c1C(=O)C(C)Cl. The van der Waals surface area contributed by atoms with Gasteiger partial charge in [-0.05, 0) is 26.0 Å². The highest BCUT2D eigenvalue weighted by Crippen LogP contribution is 2.21. The van der Waals surface area contributed by atoms with Crippen LogP contribution in [0.1, 0.15) is 34.6 Å². The first-order valence-electron chi connectivity index (χ1n) is 5.23. The molecule has 0 amide bonds. The largest absolute Gasteiger partial charge is 0.462 e. The predicted molar refractivity (Wildman–Crippen MR) is 66.5 cm³/mol. The number of halogens is 1. The lowest BCUT2D eigenvalue weighted by atomic mass is 10.00. The number of benzene rings is 1. The Kier molecular flexibility index (Phi) is 4.52. The zero-order valence-corrected chi connectivity index (χ0v) is 10.5. The van der Waals surface area contributed by atoms with Crippen LogP contribution in [0.5, 0.6) is 0 Å². The van der Waals surface area contributed by atoms with Crippen LogP contribution >= 0.6 is 11.6 Å². The Morgan fingerprint density at radius 1 is 1.47 bits per heavy atom. The monoisotopic (exact) mass is 255 g/mol. The molecule has 1 atom stereocenters. The molecule has 17 heavy (non-hydrogen) atoms. The second kappa shape index (κ2) is 5.68. The molecule has 4 nitrogen and oxygen atoms in total. The Morgan fingerprint density at radius 3 is 2.65 bits per heavy atom. The molecule has 0 aliphatic heterocycles. The summed E-state index contributed by atoms with van der Waals surface area (Å²) in [6.07, 6.45) is 0. The number of alkyl halides is 1. The number of hydrogen-bond acceptors (Lipinski definition) is 4. The van der Waals surface area contributed by atoms with Gasteiger partial charge in [-0.3, -0.25) is 4.79 Å². The van der Waals surface area contributed by atoms with Crippen molar-refractivity contribution in [3.8, 4) is 0 Å². The molecule has 0 fully saturated rings. The first kappa shape index (κ1) is 13.5. The van der Waals surface area contributed by atoms with E-state index in [1.54, 1.807) is 19.1 Å². The van der Waals surface area contributed by atoms with Gasteiger partial charge in [0.25, 0.3) is 0 Å². The first-order chi connectivity index (χ1) is 7.99. The molecule has 0 bridgehead atoms. The topological polar surface area (TPSA) is 69.4 Å². The molecule has 0 spiro atoms. The van der Waals surface area contributed by atoms with Crippen molar-refractivity contribution >= 4 is 29.0 Å². The van der Waals surface area contributed by atoms with E-state index < -0.39 is 11.3 Å². The van der Waals surface area contributed by atoms with E-state index in [-0.39, 0.29) is 29.2 Å². The fourth-order valence-electron chi connectivity index (χ4n) is 1.42. The van der Waals surface area contributed by atoms with E-state index in [4.69, 9.17) is 22.1 Å². The maximum Gasteiger partial charge on any atom is 0.338 e. The van der Waals surface area contributed by atoms with E-state index >= 15 is 0 Å². The highest BCUT2D eigenvalue weighted by molar-refractivity contribution is 6.35. The van der Waals surface area contributed by atoms with Gasteiger partial charge < -0.3 is 10.5 Å². The van der Waals surface area contributed by atoms with E-state index in [0.29, 0.717) is 0 Å². The normalized spacial score (nSPS) is 11.9. The predicted octanol–water partition coefficient (Wildman–Crippen LogP) is 2.26. The van der Waals surface area contributed by atoms with Gasteiger partial charge in [-0.2, -0.15) is 0 Å². The van der Waals surface area contributed by atoms with Gasteiger partial charge in [-0.15, -0.1) is 11.6 Å². The molecule has 1 rings (SSSR count). The number of hydrogen-bond donors (Lipinski definition) is 1. The lowest BCUT2D eigenvalue weighted by Crippen LogP contribution is -2.19. The quantitative estimate of drug-likeness (QED) is 0.388. The third kappa shape index (κ3) is 2.97. The Morgan fingerprint density at radius 2 is 2.12 bits per heavy atom. The van der Waals surface area contributed by atoms with E-state index in [1.807, 2.05) is 0 Å². The van der Waals surface area contributed by atoms with Gasteiger partial charge in [0.05, 0.1) is 23.1 Å². The molecule has 1 aromatic rings. The van der Waals surface area contributed by atoms with Crippen molar-refractivity contribution in [1.29, 1.82) is 0 Å². The number of esters is 1. The lowest BCUT2D eigenvalue weighted by Gasteiger charge is -2.11. The number of rotatable bonds is 4. The molecule has 0 aliphatic rings. The number of carbonyl (C=O) groups is 2. The molecule has 0 saturated heterocycles. The van der Waals surface area contributed by atoms with E-state index in [0.717, 1.165) is 0 Å². The summed E-state index contributed by atoms with van der Waals surface area (Å²) in [4.78, 5) is 23.5. The van der Waals surface area contributed by atoms with Crippen molar-refractivity contribution in [1.82, 2.24) is 0 Å². The molecule has 1 unspecified atom stereocenters. The van der Waals surface area contributed by atoms with E-state index in [2.05, 4.69) is 0 Å². The van der Waals surface area contributed by atoms with Crippen molar-refractivity contribution in [2.24, 2.45) is 0 Å². The average Bonchev–Trinajstić information content (AvgIpc) is 2.28. The van der Waals surface area contributed by atoms with Gasteiger partial charge in [0.15, 0.2) is 5.78 Å². The summed E-state index contributed by atoms with van der Waals surface area (Å²) in [6, 6.07) is 4.65. The number of Topliss-reactive ketones (excluding diaryl/α,β-unsaturated/α-hetero) is 1. The molecule has 92 valence electrons. The molecule has 0 aliphatic carbocycles. The van der Waals surface area contributed by atoms with Gasteiger partial charge >= 0.3 is 5.97 Å². The minimum absolute atomic E-state index is 0.133. The van der Waals surface area contributed by atoms with Gasteiger partial charge in [-0.25, -0.2) is 4.79 Å². The summed E-state index contributed by atoms with van der Waals surface area (Å²) in [6.45, 7) is 3.46. The third-order valence-electron chi connectivity index (χ3n) is 2.20. The summed E-state index contributed by atoms with van der Waals surface area (Å²) >= 11 is 5.73. The minimum Gasteiger partial charge on any atom is -0.462 e. The molecular formula is C12H14ClNO3. The van der Waals surface area contributed by atoms with Crippen LogP contribution in [0.15, 0.2) is 18.2 Å². The lowest BCUT2D eigenvalue weighted by molar-refractivity contribution is 0.0523. The first-order valence-corrected chi connectivity index (χ1v) is 5.66. The van der Waals surface area contributed by atoms with Crippen LogP contribution < -0.4 is 5.73 Å². The standard InChI is InChI=1S/C12H14ClNO3/c1-3-17-12(16)8-5-4-6-9(14)10(8)11(15)7(2)13/h4-7H,3,14H2,1-2H3. The van der Waals surface area contributed by atoms with Crippen LogP contribution in [0, 0.1) is 0 Å². The summed E-state index contributed by atoms with van der Waals surface area (Å²) < 4.78 is 4.86. The van der Waals surface area contributed by atoms with Crippen LogP contribution in [0.3, 0.4) is 0 Å². The van der Waals surface area contributed by atoms with Crippen LogP contribution in [0.25, 0.3) is 0 Å². The maximum absolute atomic E-state index is 11.9. The van der Waals surface area contributed by atoms with Crippen molar-refractivity contribution < 1.29 is 14.3 Å². The van der Waals surface area contributed by atoms with Crippen LogP contribution in [-0.4, -0.2) is 23.7 Å². The summed E-state index contributed by atoms with van der Waals surface area (Å²) in [5, 5.41) is -0.743. The van der Waals surface area contributed by atoms with Gasteiger partial charge in [0.2, 0.25) is 0 Å². The number of ether oxygens (including phenoxy) is 1. The van der Waals surface area contributed by atoms with Crippen LogP contribution in [0.4, 0.5) is 5.69 Å². The molecular weight excluding hydrogens is 242 g/mol. The van der Waals surface area contributed by atoms with Crippen LogP contribution in [0.2, 0.25) is 0 Å². The molecule has 1 aromatic carbocycles. The summed E-state index contributed by atoms with van der Waals surface area (Å²) in [7, 11) is 0. The number of carbonyl (C=O) groups excluding carboxylic acids is 2. The molecule has 0 radical (unpaired) electrons. The van der Waals surface area contributed by atoms with Crippen LogP contribution in [-0.2, 0) is 4.74 Å². The fourth-order valence-corrected chi connectivity index (χ4v) is 1.53. The van der Waals surface area contributed by atoms with Crippen molar-refractivity contribution in [2.45, 2.75) is 19.2 Å². The molecule has 0 heterocycles. The second-order valence-electron chi connectivity index (χ2n) is 3.47. The molecule has 2 N–H and O–H groups in total. The Hall–Kier alpha value is -1.55. The Labute approximate surface area is 105 Å². The number of ketones is 1. The highest BCUT2D eigenvalue weighted by atomic mass is 35.5. The summed E-state index contributed by atoms with van der Waals surface area (Å²) in [5.41, 5.74) is 6.23. The molecule has 0 saturated carbocycles. The van der Waals surface area contributed by atoms with Gasteiger partial charge in [0.1, 0.15) is 0 Å². The van der Waals surface area contributed by atoms with E-state index in [1.165, 1.54) is 13.0 Å². The Balaban J connectivity index is 3.26. The van der Waals surface area contributed by atoms with Crippen molar-refractivity contribution in [3.63, 3.8) is 0 Å². The van der Waals surface area contributed by atoms with Gasteiger partial charge in [-0.1, -0.05) is 6.07 Å². The average molecular weight is 256 g/mol. The Bertz CT molecular complexity index is 443. The van der Waals surface area contributed by atoms with Crippen molar-refractivity contribution in [3.05, 3.63) is 29.3 Å². The number of nitrogens with two attached hydrogens (primary N) is 1. The molecule has 5 heteroatoms. The van der Waals surface area contributed by atoms with E-state index in [9.17, 15) is 9.59 Å². The van der Waals surface area contributed by atoms with Crippen molar-refractivity contribution in [2.75, 3.05) is 12.3 Å². The second-order valence-corrected chi connectivity index (χ2v) is 4.13. The maximum atomic E-state index is 11.9. The molecule has 0 aromatic heterocycles. The highest BCUT2D eigenvalue weighted by Gasteiger charge is 2.23. The third-order valence-corrected chi connectivity index (χ3v) is 2.40. The summed E-state index contributed by atoms with van der Waals surface area (Å²) in [5.74, 6) is -0.951. The zero-order valence-electron chi connectivity index (χ0n) is 9.70. The zero-order chi connectivity index (χ0) is 13.0. The number of nitrogen functional groups attached to an aromatic ring is 1. The fraction of sp³-hybridized carbons (Fsp3) is 0.333. The smallest absolute Gasteiger partial charge is 0.338 e. The minimum atomic E-state index is -0.743. The number of anilines is 1. The van der Waals surface area contributed by atoms with Gasteiger partial charge in [0, 0.05) is 5.69 Å².